The molecule has 0 aromatic heterocycles. The molecule has 3 fully saturated rings. The molecule has 62 heavy (non-hydrogen) atoms. The predicted octanol–water partition coefficient (Wildman–Crippen LogP) is 3.25. The normalized spacial score (nSPS) is 38.2. The van der Waals surface area contributed by atoms with Crippen LogP contribution in [0.25, 0.3) is 0 Å². The van der Waals surface area contributed by atoms with Gasteiger partial charge in [-0.15, -0.1) is 0 Å². The zero-order valence-corrected chi connectivity index (χ0v) is 36.4. The fourth-order valence-corrected chi connectivity index (χ4v) is 8.64. The standard InChI is InChI=1S/C45H62O17/c1-8-9-10-11-12-13-37(49)60-42-33-22-40(52)59-41(33)35-23-34(26(3)46)58-39(51)20-29(48)19-31-21-36(56-27(4)47)43(5,6)44(53,61-31)24-32-17-28(18-38(50)55-7)16-30(57-32)15-14-25(2)45(42,54)62-35/h10-15,18,22,25-26,29-32,34-36,41-42,46,48,53-54H,8-9,16-17,19-21,23-24H2,1-7H3/b11-10+,13-12+,15-14+,28-18+/t25?,26?,29-,30+,31-,32+,34-,35-,36+,41+,42+,44+,45+/m1/s1. The van der Waals surface area contributed by atoms with Gasteiger partial charge in [0, 0.05) is 62.3 Å². The summed E-state index contributed by atoms with van der Waals surface area (Å²) in [5, 5.41) is 47.1. The Morgan fingerprint density at radius 1 is 0.968 bits per heavy atom. The minimum absolute atomic E-state index is 0.0695. The highest BCUT2D eigenvalue weighted by Crippen LogP contribution is 2.49. The lowest BCUT2D eigenvalue weighted by molar-refractivity contribution is -0.348. The molecule has 5 aliphatic rings. The average molecular weight is 875 g/mol. The number of rotatable bonds is 8. The SMILES string of the molecule is CCC/C=C/C=C/C(=O)O[C@H]1C2=CC(=O)O[C@@H]2[C@H]2C[C@H](C(C)O)OC(=O)C[C@H](O)C[C@@H]3C[C@H](OC(C)=O)C(C)(C)[C@](O)(C[C@@H]4C/C(=C/C(=O)OC)C[C@H](/C=C/C(C)[C@]1(O)O2)O4)O3. The molecule has 5 aliphatic heterocycles. The van der Waals surface area contributed by atoms with E-state index in [0.717, 1.165) is 25.0 Å². The molecule has 0 spiro atoms. The molecule has 5 heterocycles. The van der Waals surface area contributed by atoms with Gasteiger partial charge in [-0.25, -0.2) is 14.4 Å². The smallest absolute Gasteiger partial charge is 0.331 e. The maximum atomic E-state index is 13.4. The number of esters is 5. The van der Waals surface area contributed by atoms with E-state index in [1.165, 1.54) is 33.1 Å². The zero-order chi connectivity index (χ0) is 45.6. The summed E-state index contributed by atoms with van der Waals surface area (Å²) in [7, 11) is 1.24. The summed E-state index contributed by atoms with van der Waals surface area (Å²) in [6.45, 7) is 9.54. The van der Waals surface area contributed by atoms with Gasteiger partial charge in [0.05, 0.1) is 49.5 Å². The van der Waals surface area contributed by atoms with Gasteiger partial charge < -0.3 is 58.3 Å². The van der Waals surface area contributed by atoms with Gasteiger partial charge in [0.2, 0.25) is 5.79 Å². The molecule has 17 nitrogen and oxygen atoms in total. The van der Waals surface area contributed by atoms with Crippen LogP contribution >= 0.6 is 0 Å². The quantitative estimate of drug-likeness (QED) is 0.0900. The Bertz CT molecular complexity index is 1810. The lowest BCUT2D eigenvalue weighted by atomic mass is 9.70. The molecular weight excluding hydrogens is 812 g/mol. The molecule has 4 N–H and O–H groups in total. The first-order chi connectivity index (χ1) is 29.2. The molecule has 344 valence electrons. The number of carbonyl (C=O) groups excluding carboxylic acids is 5. The molecule has 2 unspecified atom stereocenters. The van der Waals surface area contributed by atoms with Crippen LogP contribution in [-0.2, 0) is 61.9 Å². The van der Waals surface area contributed by atoms with Crippen LogP contribution in [0.2, 0.25) is 0 Å². The van der Waals surface area contributed by atoms with Crippen molar-refractivity contribution in [2.24, 2.45) is 11.3 Å². The van der Waals surface area contributed by atoms with Crippen molar-refractivity contribution in [2.45, 2.75) is 172 Å². The molecule has 0 amide bonds. The highest BCUT2D eigenvalue weighted by molar-refractivity contribution is 5.87. The molecule has 0 aromatic rings. The lowest BCUT2D eigenvalue weighted by Gasteiger charge is -2.53. The van der Waals surface area contributed by atoms with E-state index < -0.39 is 120 Å². The van der Waals surface area contributed by atoms with Crippen LogP contribution in [0, 0.1) is 11.3 Å². The minimum atomic E-state index is -2.40. The largest absolute Gasteiger partial charge is 0.466 e. The maximum absolute atomic E-state index is 13.4. The highest BCUT2D eigenvalue weighted by Gasteiger charge is 2.60. The number of unbranched alkanes of at least 4 members (excludes halogenated alkanes) is 1. The number of cyclic esters (lactones) is 1. The van der Waals surface area contributed by atoms with Crippen molar-refractivity contribution >= 4 is 29.8 Å². The number of allylic oxidation sites excluding steroid dienone is 3. The Kier molecular flexibility index (Phi) is 16.1. The Labute approximate surface area is 361 Å². The van der Waals surface area contributed by atoms with E-state index in [-0.39, 0.29) is 44.1 Å². The van der Waals surface area contributed by atoms with E-state index in [9.17, 15) is 44.4 Å². The number of aliphatic hydroxyl groups is 4. The van der Waals surface area contributed by atoms with Gasteiger partial charge in [0.25, 0.3) is 0 Å². The van der Waals surface area contributed by atoms with E-state index in [4.69, 9.17) is 37.9 Å². The number of methoxy groups -OCH3 is 1. The van der Waals surface area contributed by atoms with Crippen molar-refractivity contribution in [1.29, 1.82) is 0 Å². The fourth-order valence-electron chi connectivity index (χ4n) is 8.64. The first-order valence-electron chi connectivity index (χ1n) is 21.3. The molecule has 17 heteroatoms. The van der Waals surface area contributed by atoms with Crippen molar-refractivity contribution < 1.29 is 82.3 Å². The van der Waals surface area contributed by atoms with E-state index in [2.05, 4.69) is 0 Å². The summed E-state index contributed by atoms with van der Waals surface area (Å²) in [4.78, 5) is 64.4. The van der Waals surface area contributed by atoms with Crippen LogP contribution in [0.5, 0.6) is 0 Å². The molecular formula is C45H62O17. The fraction of sp³-hybridized carbons (Fsp3) is 0.667. The number of hydrogen-bond acceptors (Lipinski definition) is 17. The Morgan fingerprint density at radius 3 is 2.39 bits per heavy atom. The molecule has 0 aromatic carbocycles. The van der Waals surface area contributed by atoms with Crippen molar-refractivity contribution in [1.82, 2.24) is 0 Å². The number of aliphatic hydroxyl groups excluding tert-OH is 2. The van der Waals surface area contributed by atoms with Crippen molar-refractivity contribution in [3.63, 3.8) is 0 Å². The van der Waals surface area contributed by atoms with Crippen LogP contribution < -0.4 is 0 Å². The van der Waals surface area contributed by atoms with E-state index in [0.29, 0.717) is 5.57 Å². The van der Waals surface area contributed by atoms with E-state index >= 15 is 0 Å². The molecule has 3 saturated heterocycles. The van der Waals surface area contributed by atoms with E-state index in [1.807, 2.05) is 13.0 Å². The molecule has 5 rings (SSSR count). The number of fused-ring (bicyclic) bond motifs is 8. The lowest BCUT2D eigenvalue weighted by Crippen LogP contribution is -2.62. The van der Waals surface area contributed by atoms with Crippen LogP contribution in [0.15, 0.2) is 59.8 Å². The summed E-state index contributed by atoms with van der Waals surface area (Å²) < 4.78 is 47.0. The molecule has 0 radical (unpaired) electrons. The summed E-state index contributed by atoms with van der Waals surface area (Å²) in [6, 6.07) is 0. The third-order valence-corrected chi connectivity index (χ3v) is 12.2. The summed E-state index contributed by atoms with van der Waals surface area (Å²) in [5.41, 5.74) is -0.552. The van der Waals surface area contributed by atoms with Crippen LogP contribution in [0.4, 0.5) is 0 Å². The van der Waals surface area contributed by atoms with Crippen molar-refractivity contribution in [3.05, 3.63) is 59.8 Å². The predicted molar refractivity (Wildman–Crippen MR) is 217 cm³/mol. The van der Waals surface area contributed by atoms with Crippen LogP contribution in [-0.4, -0.2) is 130 Å². The topological polar surface area (TPSA) is 240 Å². The third kappa shape index (κ3) is 11.7. The van der Waals surface area contributed by atoms with E-state index in [1.54, 1.807) is 39.0 Å². The number of carbonyl (C=O) groups is 5. The Hall–Kier alpha value is -4.23. The van der Waals surface area contributed by atoms with Crippen LogP contribution in [0.1, 0.15) is 99.3 Å². The summed E-state index contributed by atoms with van der Waals surface area (Å²) in [5.74, 6) is -9.29. The van der Waals surface area contributed by atoms with Gasteiger partial charge >= 0.3 is 29.8 Å². The van der Waals surface area contributed by atoms with Gasteiger partial charge in [-0.3, -0.25) is 9.59 Å². The monoisotopic (exact) mass is 874 g/mol. The highest BCUT2D eigenvalue weighted by atomic mass is 16.7. The van der Waals surface area contributed by atoms with Gasteiger partial charge in [-0.2, -0.15) is 0 Å². The first-order valence-corrected chi connectivity index (χ1v) is 21.3. The van der Waals surface area contributed by atoms with Gasteiger partial charge in [-0.1, -0.05) is 70.1 Å². The molecule has 0 aliphatic carbocycles. The van der Waals surface area contributed by atoms with Gasteiger partial charge in [0.15, 0.2) is 18.0 Å². The van der Waals surface area contributed by atoms with Crippen LogP contribution in [0.3, 0.4) is 0 Å². The minimum Gasteiger partial charge on any atom is -0.466 e. The second-order valence-electron chi connectivity index (χ2n) is 17.4. The zero-order valence-electron chi connectivity index (χ0n) is 36.4. The molecule has 0 saturated carbocycles. The summed E-state index contributed by atoms with van der Waals surface area (Å²) >= 11 is 0. The van der Waals surface area contributed by atoms with Crippen molar-refractivity contribution in [3.8, 4) is 0 Å². The second kappa shape index (κ2) is 20.5. The van der Waals surface area contributed by atoms with Gasteiger partial charge in [-0.05, 0) is 26.2 Å². The molecule has 6 bridgehead atoms. The maximum Gasteiger partial charge on any atom is 0.331 e. The summed E-state index contributed by atoms with van der Waals surface area (Å²) in [6.07, 6.45) is 1.15. The van der Waals surface area contributed by atoms with Crippen molar-refractivity contribution in [2.75, 3.05) is 7.11 Å². The second-order valence-corrected chi connectivity index (χ2v) is 17.4. The Balaban J connectivity index is 1.59. The average Bonchev–Trinajstić information content (AvgIpc) is 3.57. The Morgan fingerprint density at radius 2 is 1.71 bits per heavy atom. The number of ether oxygens (including phenoxy) is 8. The third-order valence-electron chi connectivity index (χ3n) is 12.2. The first kappa shape index (κ1) is 48.8. The molecule has 13 atom stereocenters. The number of hydrogen-bond donors (Lipinski definition) is 4. The van der Waals surface area contributed by atoms with Gasteiger partial charge in [0.1, 0.15) is 18.3 Å².